The van der Waals surface area contributed by atoms with E-state index in [0.29, 0.717) is 5.92 Å². The van der Waals surface area contributed by atoms with E-state index in [-0.39, 0.29) is 5.92 Å². The zero-order valence-electron chi connectivity index (χ0n) is 12.0. The van der Waals surface area contributed by atoms with Gasteiger partial charge in [-0.2, -0.15) is 0 Å². The van der Waals surface area contributed by atoms with E-state index in [1.165, 1.54) is 6.42 Å². The Morgan fingerprint density at radius 1 is 1.20 bits per heavy atom. The normalized spacial score (nSPS) is 30.4. The van der Waals surface area contributed by atoms with E-state index in [2.05, 4.69) is 24.2 Å². The molecule has 4 nitrogen and oxygen atoms in total. The van der Waals surface area contributed by atoms with Crippen molar-refractivity contribution >= 4 is 0 Å². The molecule has 0 saturated heterocycles. The number of rotatable bonds is 2. The second kappa shape index (κ2) is 5.02. The molecule has 0 spiro atoms. The summed E-state index contributed by atoms with van der Waals surface area (Å²) in [6.45, 7) is 4.32. The van der Waals surface area contributed by atoms with Crippen molar-refractivity contribution in [3.05, 3.63) is 42.2 Å². The molecule has 20 heavy (non-hydrogen) atoms. The Bertz CT molecular complexity index is 580. The van der Waals surface area contributed by atoms with Crippen LogP contribution in [-0.2, 0) is 5.60 Å². The van der Waals surface area contributed by atoms with Gasteiger partial charge in [-0.05, 0) is 36.8 Å². The molecule has 2 aromatic rings. The first-order chi connectivity index (χ1) is 9.61. The Labute approximate surface area is 119 Å². The number of hydrogen-bond donors (Lipinski definition) is 1. The lowest BCUT2D eigenvalue weighted by molar-refractivity contribution is -0.0678. The molecule has 1 fully saturated rings. The quantitative estimate of drug-likeness (QED) is 0.913. The number of hydrogen-bond acceptors (Lipinski definition) is 3. The molecule has 106 valence electrons. The molecule has 0 amide bonds. The smallest absolute Gasteiger partial charge is 0.111 e. The molecule has 0 bridgehead atoms. The van der Waals surface area contributed by atoms with E-state index in [9.17, 15) is 5.11 Å². The van der Waals surface area contributed by atoms with E-state index in [4.69, 9.17) is 0 Å². The average Bonchev–Trinajstić information content (AvgIpc) is 2.94. The molecule has 3 unspecified atom stereocenters. The molecule has 4 heteroatoms. The highest BCUT2D eigenvalue weighted by molar-refractivity contribution is 5.33. The highest BCUT2D eigenvalue weighted by Crippen LogP contribution is 2.43. The van der Waals surface area contributed by atoms with Gasteiger partial charge in [0.1, 0.15) is 5.60 Å². The summed E-state index contributed by atoms with van der Waals surface area (Å²) in [5.74, 6) is 0.745. The van der Waals surface area contributed by atoms with Crippen LogP contribution in [0.2, 0.25) is 0 Å². The van der Waals surface area contributed by atoms with Gasteiger partial charge < -0.3 is 5.11 Å². The molecule has 3 rings (SSSR count). The van der Waals surface area contributed by atoms with Crippen LogP contribution in [0.1, 0.15) is 38.8 Å². The number of nitrogens with zero attached hydrogens (tertiary/aromatic N) is 3. The SMILES string of the molecule is CC1CCC(C)C(O)(c2cnnn2-c2ccccc2)C1. The molecule has 1 aromatic carbocycles. The van der Waals surface area contributed by atoms with E-state index in [1.807, 2.05) is 30.3 Å². The molecule has 0 aliphatic heterocycles. The van der Waals surface area contributed by atoms with Gasteiger partial charge in [-0.25, -0.2) is 4.68 Å². The van der Waals surface area contributed by atoms with Crippen LogP contribution >= 0.6 is 0 Å². The first-order valence-corrected chi connectivity index (χ1v) is 7.30. The largest absolute Gasteiger partial charge is 0.383 e. The van der Waals surface area contributed by atoms with Crippen LogP contribution < -0.4 is 0 Å². The predicted molar refractivity (Wildman–Crippen MR) is 77.4 cm³/mol. The molecule has 1 aliphatic rings. The first-order valence-electron chi connectivity index (χ1n) is 7.30. The van der Waals surface area contributed by atoms with Gasteiger partial charge in [0.15, 0.2) is 0 Å². The Balaban J connectivity index is 2.05. The van der Waals surface area contributed by atoms with Crippen LogP contribution in [-0.4, -0.2) is 20.1 Å². The molecule has 0 radical (unpaired) electrons. The fourth-order valence-electron chi connectivity index (χ4n) is 3.25. The Morgan fingerprint density at radius 3 is 2.70 bits per heavy atom. The summed E-state index contributed by atoms with van der Waals surface area (Å²) in [7, 11) is 0. The number of aromatic nitrogens is 3. The fraction of sp³-hybridized carbons (Fsp3) is 0.500. The third-order valence-electron chi connectivity index (χ3n) is 4.56. The first kappa shape index (κ1) is 13.3. The Morgan fingerprint density at radius 2 is 1.95 bits per heavy atom. The zero-order valence-corrected chi connectivity index (χ0v) is 12.0. The summed E-state index contributed by atoms with van der Waals surface area (Å²) in [6.07, 6.45) is 4.70. The summed E-state index contributed by atoms with van der Waals surface area (Å²) in [4.78, 5) is 0. The van der Waals surface area contributed by atoms with E-state index in [0.717, 1.165) is 24.2 Å². The zero-order chi connectivity index (χ0) is 14.2. The van der Waals surface area contributed by atoms with E-state index < -0.39 is 5.60 Å². The van der Waals surface area contributed by atoms with Gasteiger partial charge in [-0.3, -0.25) is 0 Å². The van der Waals surface area contributed by atoms with Crippen molar-refractivity contribution in [1.29, 1.82) is 0 Å². The highest BCUT2D eigenvalue weighted by atomic mass is 16.3. The van der Waals surface area contributed by atoms with Crippen LogP contribution in [0.4, 0.5) is 0 Å². The number of aliphatic hydroxyl groups is 1. The van der Waals surface area contributed by atoms with Gasteiger partial charge >= 0.3 is 0 Å². The van der Waals surface area contributed by atoms with E-state index >= 15 is 0 Å². The highest BCUT2D eigenvalue weighted by Gasteiger charge is 2.43. The standard InChI is InChI=1S/C16H21N3O/c1-12-8-9-13(2)16(20,10-12)15-11-17-18-19(15)14-6-4-3-5-7-14/h3-7,11-13,20H,8-10H2,1-2H3. The molecule has 3 atom stereocenters. The van der Waals surface area contributed by atoms with Crippen LogP contribution in [0.3, 0.4) is 0 Å². The Hall–Kier alpha value is -1.68. The van der Waals surface area contributed by atoms with Crippen molar-refractivity contribution < 1.29 is 5.11 Å². The third-order valence-corrected chi connectivity index (χ3v) is 4.56. The van der Waals surface area contributed by atoms with Crippen molar-refractivity contribution in [3.63, 3.8) is 0 Å². The third kappa shape index (κ3) is 2.14. The summed E-state index contributed by atoms with van der Waals surface area (Å²) in [5, 5.41) is 19.4. The maximum atomic E-state index is 11.2. The second-order valence-corrected chi connectivity index (χ2v) is 6.08. The molecule has 1 aliphatic carbocycles. The fourth-order valence-corrected chi connectivity index (χ4v) is 3.25. The van der Waals surface area contributed by atoms with Gasteiger partial charge in [0.05, 0.1) is 17.6 Å². The molecule has 1 aromatic heterocycles. The molecule has 1 N–H and O–H groups in total. The van der Waals surface area contributed by atoms with Crippen LogP contribution in [0, 0.1) is 11.8 Å². The van der Waals surface area contributed by atoms with Gasteiger partial charge in [-0.1, -0.05) is 43.7 Å². The predicted octanol–water partition coefficient (Wildman–Crippen LogP) is 2.91. The van der Waals surface area contributed by atoms with E-state index in [1.54, 1.807) is 10.9 Å². The van der Waals surface area contributed by atoms with Gasteiger partial charge in [-0.15, -0.1) is 5.10 Å². The maximum absolute atomic E-state index is 11.2. The second-order valence-electron chi connectivity index (χ2n) is 6.08. The number of benzene rings is 1. The topological polar surface area (TPSA) is 50.9 Å². The Kier molecular flexibility index (Phi) is 3.34. The monoisotopic (exact) mass is 271 g/mol. The molecular weight excluding hydrogens is 250 g/mol. The summed E-state index contributed by atoms with van der Waals surface area (Å²) >= 11 is 0. The lowest BCUT2D eigenvalue weighted by atomic mass is 9.70. The summed E-state index contributed by atoms with van der Waals surface area (Å²) in [5.41, 5.74) is 0.915. The maximum Gasteiger partial charge on any atom is 0.111 e. The van der Waals surface area contributed by atoms with Gasteiger partial charge in [0.2, 0.25) is 0 Å². The van der Waals surface area contributed by atoms with Crippen molar-refractivity contribution in [3.8, 4) is 5.69 Å². The average molecular weight is 271 g/mol. The summed E-state index contributed by atoms with van der Waals surface area (Å²) < 4.78 is 1.77. The minimum Gasteiger partial charge on any atom is -0.383 e. The lowest BCUT2D eigenvalue weighted by Gasteiger charge is -2.40. The van der Waals surface area contributed by atoms with Crippen LogP contribution in [0.25, 0.3) is 5.69 Å². The minimum atomic E-state index is -0.836. The van der Waals surface area contributed by atoms with Crippen molar-refractivity contribution in [1.82, 2.24) is 15.0 Å². The van der Waals surface area contributed by atoms with Crippen molar-refractivity contribution in [2.45, 2.75) is 38.7 Å². The number of para-hydroxylation sites is 1. The lowest BCUT2D eigenvalue weighted by Crippen LogP contribution is -2.40. The van der Waals surface area contributed by atoms with Crippen molar-refractivity contribution in [2.75, 3.05) is 0 Å². The van der Waals surface area contributed by atoms with Crippen molar-refractivity contribution in [2.24, 2.45) is 11.8 Å². The van der Waals surface area contributed by atoms with Gasteiger partial charge in [0, 0.05) is 0 Å². The minimum absolute atomic E-state index is 0.222. The van der Waals surface area contributed by atoms with Crippen LogP contribution in [0.5, 0.6) is 0 Å². The molecular formula is C16H21N3O. The van der Waals surface area contributed by atoms with Gasteiger partial charge in [0.25, 0.3) is 0 Å². The van der Waals surface area contributed by atoms with Crippen LogP contribution in [0.15, 0.2) is 36.5 Å². The molecule has 1 saturated carbocycles. The molecule has 1 heterocycles. The summed E-state index contributed by atoms with van der Waals surface area (Å²) in [6, 6.07) is 9.88.